The van der Waals surface area contributed by atoms with Gasteiger partial charge in [0.15, 0.2) is 22.5 Å². The molecule has 0 bridgehead atoms. The van der Waals surface area contributed by atoms with E-state index in [1.165, 1.54) is 28.7 Å². The molecule has 1 N–H and O–H groups in total. The van der Waals surface area contributed by atoms with Crippen LogP contribution in [0.5, 0.6) is 0 Å². The Hall–Kier alpha value is -2.45. The molecule has 0 saturated carbocycles. The van der Waals surface area contributed by atoms with Gasteiger partial charge < -0.3 is 5.32 Å². The number of anilines is 1. The smallest absolute Gasteiger partial charge is 0.226 e. The van der Waals surface area contributed by atoms with E-state index in [9.17, 15) is 18.4 Å². The molecule has 1 amide bonds. The minimum Gasteiger partial charge on any atom is -0.302 e. The molecule has 26 heavy (non-hydrogen) atoms. The highest BCUT2D eigenvalue weighted by atomic mass is 32.1. The summed E-state index contributed by atoms with van der Waals surface area (Å²) in [5.74, 6) is -2.08. The van der Waals surface area contributed by atoms with Gasteiger partial charge in [0.1, 0.15) is 0 Å². The minimum atomic E-state index is -0.948. The number of rotatable bonds is 7. The van der Waals surface area contributed by atoms with Crippen LogP contribution in [-0.2, 0) is 4.79 Å². The zero-order valence-corrected chi connectivity index (χ0v) is 15.1. The van der Waals surface area contributed by atoms with Crippen LogP contribution in [0.1, 0.15) is 28.9 Å². The zero-order valence-electron chi connectivity index (χ0n) is 13.5. The van der Waals surface area contributed by atoms with Crippen molar-refractivity contribution >= 4 is 39.5 Å². The topological polar surface area (TPSA) is 59.1 Å². The first-order chi connectivity index (χ1) is 12.5. The van der Waals surface area contributed by atoms with Gasteiger partial charge in [-0.2, -0.15) is 0 Å². The lowest BCUT2D eigenvalue weighted by atomic mass is 10.1. The summed E-state index contributed by atoms with van der Waals surface area (Å²) in [5.41, 5.74) is 0.888. The van der Waals surface area contributed by atoms with E-state index in [4.69, 9.17) is 0 Å². The van der Waals surface area contributed by atoms with Gasteiger partial charge in [-0.3, -0.25) is 9.59 Å². The number of carbonyl (C=O) groups excluding carboxylic acids is 2. The molecule has 0 radical (unpaired) electrons. The number of aromatic nitrogens is 1. The summed E-state index contributed by atoms with van der Waals surface area (Å²) in [6.07, 6.45) is 0.965. The first-order valence-electron chi connectivity index (χ1n) is 7.80. The monoisotopic (exact) mass is 392 g/mol. The summed E-state index contributed by atoms with van der Waals surface area (Å²) >= 11 is 2.58. The molecule has 0 spiro atoms. The van der Waals surface area contributed by atoms with Crippen molar-refractivity contribution in [1.82, 2.24) is 4.98 Å². The van der Waals surface area contributed by atoms with Crippen LogP contribution in [0.3, 0.4) is 0 Å². The Balaban J connectivity index is 1.51. The normalized spacial score (nSPS) is 10.7. The fourth-order valence-corrected chi connectivity index (χ4v) is 3.70. The Morgan fingerprint density at radius 2 is 1.92 bits per heavy atom. The number of thiophene rings is 1. The number of hydrogen-bond donors (Lipinski definition) is 1. The van der Waals surface area contributed by atoms with Crippen molar-refractivity contribution < 1.29 is 18.4 Å². The van der Waals surface area contributed by atoms with Gasteiger partial charge >= 0.3 is 0 Å². The number of carbonyl (C=O) groups is 2. The van der Waals surface area contributed by atoms with Crippen LogP contribution in [0.15, 0.2) is 41.1 Å². The third-order valence-electron chi connectivity index (χ3n) is 3.57. The number of nitrogens with one attached hydrogen (secondary N) is 1. The van der Waals surface area contributed by atoms with Gasteiger partial charge in [0, 0.05) is 23.8 Å². The molecule has 0 aliphatic carbocycles. The fourth-order valence-electron chi connectivity index (χ4n) is 2.27. The van der Waals surface area contributed by atoms with E-state index in [1.807, 2.05) is 11.4 Å². The van der Waals surface area contributed by atoms with Gasteiger partial charge in [0.25, 0.3) is 0 Å². The molecule has 134 valence electrons. The Morgan fingerprint density at radius 3 is 2.65 bits per heavy atom. The van der Waals surface area contributed by atoms with Crippen molar-refractivity contribution in [2.24, 2.45) is 0 Å². The van der Waals surface area contributed by atoms with Gasteiger partial charge in [-0.1, -0.05) is 6.07 Å². The number of amides is 1. The van der Waals surface area contributed by atoms with Crippen LogP contribution in [0, 0.1) is 11.6 Å². The van der Waals surface area contributed by atoms with Gasteiger partial charge in [0.2, 0.25) is 5.91 Å². The fraction of sp³-hybridized carbons (Fsp3) is 0.167. The third-order valence-corrected chi connectivity index (χ3v) is 5.24. The SMILES string of the molecule is O=C(CCCC(=O)c1cccs1)Nc1nc(-c2ccc(F)c(F)c2)cs1. The summed E-state index contributed by atoms with van der Waals surface area (Å²) in [7, 11) is 0. The average Bonchev–Trinajstić information content (AvgIpc) is 3.29. The van der Waals surface area contributed by atoms with Crippen molar-refractivity contribution in [3.63, 3.8) is 0 Å². The van der Waals surface area contributed by atoms with Crippen LogP contribution < -0.4 is 5.32 Å². The lowest BCUT2D eigenvalue weighted by Crippen LogP contribution is -2.11. The molecule has 2 aromatic heterocycles. The van der Waals surface area contributed by atoms with Crippen molar-refractivity contribution in [3.05, 3.63) is 57.6 Å². The molecular weight excluding hydrogens is 378 g/mol. The molecule has 0 unspecified atom stereocenters. The minimum absolute atomic E-state index is 0.0303. The molecule has 0 saturated heterocycles. The largest absolute Gasteiger partial charge is 0.302 e. The molecule has 4 nitrogen and oxygen atoms in total. The third kappa shape index (κ3) is 4.59. The number of nitrogens with zero attached hydrogens (tertiary/aromatic N) is 1. The van der Waals surface area contributed by atoms with Crippen molar-refractivity contribution in [3.8, 4) is 11.3 Å². The van der Waals surface area contributed by atoms with E-state index >= 15 is 0 Å². The second-order valence-electron chi connectivity index (χ2n) is 5.47. The zero-order chi connectivity index (χ0) is 18.5. The van der Waals surface area contributed by atoms with Crippen LogP contribution in [-0.4, -0.2) is 16.7 Å². The Kier molecular flexibility index (Phi) is 5.85. The average molecular weight is 392 g/mol. The first-order valence-corrected chi connectivity index (χ1v) is 9.56. The van der Waals surface area contributed by atoms with Gasteiger partial charge in [-0.25, -0.2) is 13.8 Å². The highest BCUT2D eigenvalue weighted by molar-refractivity contribution is 7.14. The molecule has 3 aromatic rings. The molecular formula is C18H14F2N2O2S2. The molecule has 2 heterocycles. The summed E-state index contributed by atoms with van der Waals surface area (Å²) in [6.45, 7) is 0. The molecule has 0 aliphatic heterocycles. The highest BCUT2D eigenvalue weighted by Gasteiger charge is 2.12. The quantitative estimate of drug-likeness (QED) is 0.566. The van der Waals surface area contributed by atoms with E-state index in [-0.39, 0.29) is 18.1 Å². The summed E-state index contributed by atoms with van der Waals surface area (Å²) in [5, 5.41) is 6.53. The number of ketones is 1. The van der Waals surface area contributed by atoms with Crippen LogP contribution in [0.25, 0.3) is 11.3 Å². The first kappa shape index (κ1) is 18.3. The van der Waals surface area contributed by atoms with Crippen molar-refractivity contribution in [2.75, 3.05) is 5.32 Å². The molecule has 0 aliphatic rings. The highest BCUT2D eigenvalue weighted by Crippen LogP contribution is 2.26. The van der Waals surface area contributed by atoms with Gasteiger partial charge in [-0.15, -0.1) is 22.7 Å². The molecule has 0 fully saturated rings. The second kappa shape index (κ2) is 8.29. The number of halogens is 2. The van der Waals surface area contributed by atoms with E-state index in [2.05, 4.69) is 10.3 Å². The van der Waals surface area contributed by atoms with Crippen LogP contribution in [0.2, 0.25) is 0 Å². The number of Topliss-reactive ketones (excluding diaryl/α,β-unsaturated/α-hetero) is 1. The summed E-state index contributed by atoms with van der Waals surface area (Å²) in [6, 6.07) is 7.11. The van der Waals surface area contributed by atoms with Crippen molar-refractivity contribution in [1.29, 1.82) is 0 Å². The van der Waals surface area contributed by atoms with E-state index in [0.29, 0.717) is 34.1 Å². The number of hydrogen-bond acceptors (Lipinski definition) is 5. The second-order valence-corrected chi connectivity index (χ2v) is 7.27. The molecule has 1 aromatic carbocycles. The van der Waals surface area contributed by atoms with Crippen LogP contribution in [0.4, 0.5) is 13.9 Å². The predicted molar refractivity (Wildman–Crippen MR) is 98.6 cm³/mol. The molecule has 8 heteroatoms. The lowest BCUT2D eigenvalue weighted by Gasteiger charge is -2.01. The maximum atomic E-state index is 13.3. The standard InChI is InChI=1S/C18H14F2N2O2S2/c19-12-7-6-11(9-13(12)20)14-10-26-18(21-14)22-17(24)5-1-3-15(23)16-4-2-8-25-16/h2,4,6-10H,1,3,5H2,(H,21,22,24). The van der Waals surface area contributed by atoms with E-state index in [0.717, 1.165) is 12.1 Å². The number of benzene rings is 1. The maximum Gasteiger partial charge on any atom is 0.226 e. The number of thiazole rings is 1. The molecule has 0 atom stereocenters. The van der Waals surface area contributed by atoms with Gasteiger partial charge in [0.05, 0.1) is 10.6 Å². The van der Waals surface area contributed by atoms with E-state index in [1.54, 1.807) is 11.4 Å². The van der Waals surface area contributed by atoms with Gasteiger partial charge in [-0.05, 0) is 36.1 Å². The Labute approximate surface area is 156 Å². The predicted octanol–water partition coefficient (Wildman–Crippen LogP) is 5.14. The Morgan fingerprint density at radius 1 is 1.08 bits per heavy atom. The van der Waals surface area contributed by atoms with E-state index < -0.39 is 11.6 Å². The lowest BCUT2D eigenvalue weighted by molar-refractivity contribution is -0.116. The summed E-state index contributed by atoms with van der Waals surface area (Å²) < 4.78 is 26.3. The Bertz CT molecular complexity index is 923. The molecule has 3 rings (SSSR count). The van der Waals surface area contributed by atoms with Crippen molar-refractivity contribution in [2.45, 2.75) is 19.3 Å². The maximum absolute atomic E-state index is 13.3. The summed E-state index contributed by atoms with van der Waals surface area (Å²) in [4.78, 5) is 28.7. The van der Waals surface area contributed by atoms with Crippen LogP contribution >= 0.6 is 22.7 Å².